The molecule has 0 aromatic rings. The summed E-state index contributed by atoms with van der Waals surface area (Å²) in [5.74, 6) is -0.881. The summed E-state index contributed by atoms with van der Waals surface area (Å²) >= 11 is 0. The van der Waals surface area contributed by atoms with Crippen LogP contribution in [0.2, 0.25) is 0 Å². The molecule has 0 saturated carbocycles. The van der Waals surface area contributed by atoms with Gasteiger partial charge in [0, 0.05) is 13.1 Å². The van der Waals surface area contributed by atoms with Crippen molar-refractivity contribution in [1.29, 1.82) is 0 Å². The van der Waals surface area contributed by atoms with Gasteiger partial charge in [-0.2, -0.15) is 13.2 Å². The summed E-state index contributed by atoms with van der Waals surface area (Å²) in [5.41, 5.74) is -2.30. The zero-order valence-corrected chi connectivity index (χ0v) is 19.2. The number of amides is 1. The minimum Gasteiger partial charge on any atom is -0.469 e. The summed E-state index contributed by atoms with van der Waals surface area (Å²) in [7, 11) is 1.07. The molecule has 1 amide bonds. The van der Waals surface area contributed by atoms with Crippen LogP contribution in [-0.2, 0) is 14.3 Å². The quantitative estimate of drug-likeness (QED) is 0.503. The molecule has 1 heterocycles. The van der Waals surface area contributed by atoms with Crippen LogP contribution in [0, 0.1) is 5.41 Å². The van der Waals surface area contributed by atoms with E-state index in [9.17, 15) is 22.8 Å². The maximum Gasteiger partial charge on any atom is 0.410 e. The van der Waals surface area contributed by atoms with Crippen LogP contribution in [0.25, 0.3) is 0 Å². The Morgan fingerprint density at radius 2 is 1.32 bits per heavy atom. The number of nitrogens with zero attached hydrogens (tertiary/aromatic N) is 1. The Hall–Kier alpha value is -1.47. The summed E-state index contributed by atoms with van der Waals surface area (Å²) in [6, 6.07) is 0. The molecule has 0 aliphatic carbocycles. The Bertz CT molecular complexity index is 424. The molecule has 1 aliphatic heterocycles. The molecule has 0 N–H and O–H groups in total. The van der Waals surface area contributed by atoms with E-state index in [0.717, 1.165) is 7.11 Å². The lowest BCUT2D eigenvalue weighted by Gasteiger charge is -2.40. The molecule has 0 unspecified atom stereocenters. The molecule has 0 atom stereocenters. The lowest BCUT2D eigenvalue weighted by Crippen LogP contribution is -2.49. The first kappa shape index (κ1) is 31.2. The number of likely N-dealkylation sites (tertiary alicyclic amines) is 1. The summed E-state index contributed by atoms with van der Waals surface area (Å²) in [6.45, 7) is 17.2. The van der Waals surface area contributed by atoms with Crippen molar-refractivity contribution in [2.45, 2.75) is 93.4 Å². The molecule has 0 aromatic carbocycles. The standard InChI is InChI=1S/C14H22F3NO4.3C2H6/c1-12(2,3)22-11(20)18-7-5-13(6-8-18,10(19)21-4)9-14(15,16)17;3*1-2/h5-9H2,1-4H3;3*1-2H3. The number of esters is 1. The van der Waals surface area contributed by atoms with Crippen molar-refractivity contribution in [2.24, 2.45) is 5.41 Å². The van der Waals surface area contributed by atoms with Crippen LogP contribution in [0.1, 0.15) is 81.6 Å². The van der Waals surface area contributed by atoms with E-state index in [1.165, 1.54) is 4.90 Å². The molecule has 1 aliphatic rings. The number of rotatable bonds is 2. The summed E-state index contributed by atoms with van der Waals surface area (Å²) < 4.78 is 48.0. The normalized spacial score (nSPS) is 15.4. The van der Waals surface area contributed by atoms with Crippen molar-refractivity contribution in [3.63, 3.8) is 0 Å². The van der Waals surface area contributed by atoms with E-state index in [2.05, 4.69) is 4.74 Å². The van der Waals surface area contributed by atoms with Gasteiger partial charge < -0.3 is 14.4 Å². The molecule has 0 spiro atoms. The monoisotopic (exact) mass is 415 g/mol. The van der Waals surface area contributed by atoms with Crippen molar-refractivity contribution in [3.8, 4) is 0 Å². The number of methoxy groups -OCH3 is 1. The molecular weight excluding hydrogens is 375 g/mol. The largest absolute Gasteiger partial charge is 0.469 e. The minimum atomic E-state index is -4.47. The first-order valence-electron chi connectivity index (χ1n) is 10.0. The van der Waals surface area contributed by atoms with Crippen LogP contribution in [0.5, 0.6) is 0 Å². The number of hydrogen-bond donors (Lipinski definition) is 0. The molecule has 0 radical (unpaired) electrons. The summed E-state index contributed by atoms with van der Waals surface area (Å²) in [6.07, 6.45) is -6.49. The first-order valence-corrected chi connectivity index (χ1v) is 10.0. The van der Waals surface area contributed by atoms with Crippen LogP contribution in [0.15, 0.2) is 0 Å². The van der Waals surface area contributed by atoms with Crippen LogP contribution >= 0.6 is 0 Å². The Labute approximate surface area is 168 Å². The average Bonchev–Trinajstić information content (AvgIpc) is 2.63. The fourth-order valence-electron chi connectivity index (χ4n) is 2.50. The summed E-state index contributed by atoms with van der Waals surface area (Å²) in [5, 5.41) is 0. The highest BCUT2D eigenvalue weighted by atomic mass is 19.4. The van der Waals surface area contributed by atoms with Gasteiger partial charge in [0.05, 0.1) is 18.9 Å². The molecular formula is C20H40F3NO4. The van der Waals surface area contributed by atoms with Gasteiger partial charge in [0.2, 0.25) is 0 Å². The smallest absolute Gasteiger partial charge is 0.410 e. The highest BCUT2D eigenvalue weighted by molar-refractivity contribution is 5.77. The number of carbonyl (C=O) groups excluding carboxylic acids is 2. The first-order chi connectivity index (χ1) is 12.9. The van der Waals surface area contributed by atoms with Gasteiger partial charge >= 0.3 is 18.2 Å². The second kappa shape index (κ2) is 14.5. The van der Waals surface area contributed by atoms with Crippen molar-refractivity contribution in [3.05, 3.63) is 0 Å². The fraction of sp³-hybridized carbons (Fsp3) is 0.900. The van der Waals surface area contributed by atoms with E-state index in [-0.39, 0.29) is 25.9 Å². The topological polar surface area (TPSA) is 55.8 Å². The summed E-state index contributed by atoms with van der Waals surface area (Å²) in [4.78, 5) is 25.1. The molecule has 1 saturated heterocycles. The van der Waals surface area contributed by atoms with Gasteiger partial charge in [0.1, 0.15) is 5.60 Å². The maximum absolute atomic E-state index is 12.7. The Balaban J connectivity index is -0.000000946. The van der Waals surface area contributed by atoms with Crippen LogP contribution in [0.3, 0.4) is 0 Å². The van der Waals surface area contributed by atoms with Crippen LogP contribution in [-0.4, -0.2) is 48.9 Å². The highest BCUT2D eigenvalue weighted by Crippen LogP contribution is 2.42. The van der Waals surface area contributed by atoms with Gasteiger partial charge in [0.25, 0.3) is 0 Å². The van der Waals surface area contributed by atoms with E-state index >= 15 is 0 Å². The number of piperidine rings is 1. The lowest BCUT2D eigenvalue weighted by molar-refractivity contribution is -0.186. The molecule has 0 aromatic heterocycles. The highest BCUT2D eigenvalue weighted by Gasteiger charge is 2.50. The van der Waals surface area contributed by atoms with Gasteiger partial charge in [-0.3, -0.25) is 4.79 Å². The number of hydrogen-bond acceptors (Lipinski definition) is 4. The molecule has 8 heteroatoms. The van der Waals surface area contributed by atoms with Crippen molar-refractivity contribution >= 4 is 12.1 Å². The average molecular weight is 416 g/mol. The lowest BCUT2D eigenvalue weighted by atomic mass is 9.75. The third kappa shape index (κ3) is 12.1. The van der Waals surface area contributed by atoms with E-state index in [1.54, 1.807) is 20.8 Å². The predicted octanol–water partition coefficient (Wildman–Crippen LogP) is 6.21. The number of alkyl halides is 3. The Kier molecular flexibility index (Phi) is 16.2. The van der Waals surface area contributed by atoms with Gasteiger partial charge in [0.15, 0.2) is 0 Å². The fourth-order valence-corrected chi connectivity index (χ4v) is 2.50. The molecule has 28 heavy (non-hydrogen) atoms. The van der Waals surface area contributed by atoms with E-state index in [0.29, 0.717) is 0 Å². The van der Waals surface area contributed by atoms with Crippen molar-refractivity contribution in [1.82, 2.24) is 4.90 Å². The zero-order chi connectivity index (χ0) is 23.2. The third-order valence-electron chi connectivity index (χ3n) is 3.53. The SMILES string of the molecule is CC.CC.CC.COC(=O)C1(CC(F)(F)F)CCN(C(=O)OC(C)(C)C)CC1. The molecule has 0 bridgehead atoms. The molecule has 1 fully saturated rings. The third-order valence-corrected chi connectivity index (χ3v) is 3.53. The second-order valence-electron chi connectivity index (χ2n) is 6.53. The van der Waals surface area contributed by atoms with Gasteiger partial charge in [-0.25, -0.2) is 4.79 Å². The van der Waals surface area contributed by atoms with Crippen LogP contribution < -0.4 is 0 Å². The Morgan fingerprint density at radius 3 is 1.61 bits per heavy atom. The van der Waals surface area contributed by atoms with Gasteiger partial charge in [-0.15, -0.1) is 0 Å². The second-order valence-corrected chi connectivity index (χ2v) is 6.53. The molecule has 1 rings (SSSR count). The number of ether oxygens (including phenoxy) is 2. The van der Waals surface area contributed by atoms with Crippen LogP contribution in [0.4, 0.5) is 18.0 Å². The maximum atomic E-state index is 12.7. The number of halogens is 3. The number of carbonyl (C=O) groups is 2. The zero-order valence-electron chi connectivity index (χ0n) is 19.2. The van der Waals surface area contributed by atoms with Gasteiger partial charge in [-0.1, -0.05) is 41.5 Å². The van der Waals surface area contributed by atoms with E-state index in [1.807, 2.05) is 41.5 Å². The van der Waals surface area contributed by atoms with Crippen molar-refractivity contribution in [2.75, 3.05) is 20.2 Å². The van der Waals surface area contributed by atoms with Crippen molar-refractivity contribution < 1.29 is 32.2 Å². The van der Waals surface area contributed by atoms with E-state index < -0.39 is 35.7 Å². The predicted molar refractivity (Wildman–Crippen MR) is 106 cm³/mol. The Morgan fingerprint density at radius 1 is 0.929 bits per heavy atom. The minimum absolute atomic E-state index is 0.0279. The van der Waals surface area contributed by atoms with E-state index in [4.69, 9.17) is 4.74 Å². The van der Waals surface area contributed by atoms with Gasteiger partial charge in [-0.05, 0) is 33.6 Å². The molecule has 170 valence electrons. The molecule has 5 nitrogen and oxygen atoms in total.